The first-order valence-corrected chi connectivity index (χ1v) is 13.8. The van der Waals surface area contributed by atoms with Gasteiger partial charge in [-0.1, -0.05) is 12.7 Å². The Bertz CT molecular complexity index is 1030. The van der Waals surface area contributed by atoms with Crippen LogP contribution in [0.2, 0.25) is 0 Å². The fourth-order valence-electron chi connectivity index (χ4n) is 8.42. The zero-order valence-electron chi connectivity index (χ0n) is 19.3. The van der Waals surface area contributed by atoms with Crippen LogP contribution in [0.1, 0.15) is 51.4 Å². The summed E-state index contributed by atoms with van der Waals surface area (Å²) in [5.74, 6) is -0.152. The van der Waals surface area contributed by atoms with Gasteiger partial charge in [0.15, 0.2) is 0 Å². The van der Waals surface area contributed by atoms with E-state index in [9.17, 15) is 18.0 Å². The molecular formula is C25H32O8S. The summed E-state index contributed by atoms with van der Waals surface area (Å²) in [6.07, 6.45) is 6.28. The standard InChI is InChI=1S/C25H32O8S/c1-3-4-30-12-14(2)22(26)32-25-10-15-5-16(11-25)9-24(8-15,13-25)23(27)31-20-17-6-18-19(7-17)34(28,29)33-21(18)20/h3,15-21H,1-2,4-13H2. The SMILES string of the molecule is C=CCOCC(=C)C(=O)OC12CC3CC(C1)CC(C(=O)OC1C4CC5C1OS(=O)(=O)C5C4)(C3)C2. The van der Waals surface area contributed by atoms with Gasteiger partial charge in [0.2, 0.25) is 0 Å². The van der Waals surface area contributed by atoms with E-state index >= 15 is 0 Å². The highest BCUT2D eigenvalue weighted by Crippen LogP contribution is 2.64. The molecule has 0 aromatic heterocycles. The van der Waals surface area contributed by atoms with Crippen LogP contribution >= 0.6 is 0 Å². The van der Waals surface area contributed by atoms with E-state index in [1.165, 1.54) is 0 Å². The van der Waals surface area contributed by atoms with Gasteiger partial charge in [-0.3, -0.25) is 8.98 Å². The van der Waals surface area contributed by atoms with E-state index in [-0.39, 0.29) is 30.0 Å². The number of hydrogen-bond acceptors (Lipinski definition) is 8. The molecule has 7 aliphatic rings. The predicted molar refractivity (Wildman–Crippen MR) is 120 cm³/mol. The fourth-order valence-corrected chi connectivity index (χ4v) is 10.3. The Hall–Kier alpha value is -1.71. The monoisotopic (exact) mass is 492 g/mol. The maximum atomic E-state index is 13.7. The zero-order chi connectivity index (χ0) is 23.9. The van der Waals surface area contributed by atoms with Crippen molar-refractivity contribution < 1.29 is 36.4 Å². The van der Waals surface area contributed by atoms with E-state index in [1.54, 1.807) is 6.08 Å². The Labute approximate surface area is 200 Å². The summed E-state index contributed by atoms with van der Waals surface area (Å²) in [5.41, 5.74) is -1.12. The summed E-state index contributed by atoms with van der Waals surface area (Å²) >= 11 is 0. The Balaban J connectivity index is 1.17. The number of rotatable bonds is 8. The van der Waals surface area contributed by atoms with E-state index in [0.29, 0.717) is 31.3 Å². The molecule has 34 heavy (non-hydrogen) atoms. The van der Waals surface area contributed by atoms with Gasteiger partial charge in [0.05, 0.1) is 29.5 Å². The van der Waals surface area contributed by atoms with Gasteiger partial charge in [-0.2, -0.15) is 8.42 Å². The highest BCUT2D eigenvalue weighted by molar-refractivity contribution is 7.87. The molecule has 1 saturated heterocycles. The number of fused-ring (bicyclic) bond motifs is 1. The third kappa shape index (κ3) is 3.41. The summed E-state index contributed by atoms with van der Waals surface area (Å²) in [7, 11) is -3.56. The van der Waals surface area contributed by atoms with Gasteiger partial charge in [0, 0.05) is 18.3 Å². The molecule has 6 saturated carbocycles. The van der Waals surface area contributed by atoms with Crippen LogP contribution in [0.3, 0.4) is 0 Å². The summed E-state index contributed by atoms with van der Waals surface area (Å²) < 4.78 is 47.5. The second kappa shape index (κ2) is 7.64. The van der Waals surface area contributed by atoms with E-state index in [1.807, 2.05) is 0 Å². The van der Waals surface area contributed by atoms with Crippen molar-refractivity contribution >= 4 is 22.1 Å². The van der Waals surface area contributed by atoms with Crippen LogP contribution in [0.5, 0.6) is 0 Å². The highest BCUT2D eigenvalue weighted by atomic mass is 32.2. The first kappa shape index (κ1) is 22.7. The van der Waals surface area contributed by atoms with Crippen molar-refractivity contribution in [2.45, 2.75) is 74.4 Å². The number of ether oxygens (including phenoxy) is 3. The van der Waals surface area contributed by atoms with Crippen LogP contribution in [0, 0.1) is 29.1 Å². The molecule has 0 aromatic rings. The zero-order valence-corrected chi connectivity index (χ0v) is 20.1. The molecule has 0 N–H and O–H groups in total. The highest BCUT2D eigenvalue weighted by Gasteiger charge is 2.67. The Morgan fingerprint density at radius 3 is 2.53 bits per heavy atom. The quantitative estimate of drug-likeness (QED) is 0.167. The Morgan fingerprint density at radius 1 is 1.09 bits per heavy atom. The van der Waals surface area contributed by atoms with Gasteiger partial charge in [0.1, 0.15) is 17.8 Å². The Morgan fingerprint density at radius 2 is 1.82 bits per heavy atom. The van der Waals surface area contributed by atoms with Gasteiger partial charge in [0.25, 0.3) is 10.1 Å². The molecule has 6 aliphatic carbocycles. The van der Waals surface area contributed by atoms with Crippen LogP contribution in [-0.4, -0.2) is 56.6 Å². The molecule has 8 nitrogen and oxygen atoms in total. The molecule has 0 amide bonds. The second-order valence-corrected chi connectivity index (χ2v) is 13.4. The molecule has 1 aliphatic heterocycles. The van der Waals surface area contributed by atoms with Crippen molar-refractivity contribution in [3.05, 3.63) is 24.8 Å². The minimum absolute atomic E-state index is 0.0424. The van der Waals surface area contributed by atoms with Crippen molar-refractivity contribution in [3.63, 3.8) is 0 Å². The second-order valence-electron chi connectivity index (χ2n) is 11.6. The van der Waals surface area contributed by atoms with Crippen molar-refractivity contribution in [2.24, 2.45) is 29.1 Å². The minimum Gasteiger partial charge on any atom is -0.459 e. The lowest BCUT2D eigenvalue weighted by Crippen LogP contribution is -2.60. The first-order valence-electron chi connectivity index (χ1n) is 12.4. The molecule has 7 atom stereocenters. The first-order chi connectivity index (χ1) is 16.1. The van der Waals surface area contributed by atoms with Gasteiger partial charge in [-0.05, 0) is 56.8 Å². The van der Waals surface area contributed by atoms with Gasteiger partial charge >= 0.3 is 11.9 Å². The third-order valence-corrected chi connectivity index (χ3v) is 11.0. The molecule has 1 heterocycles. The fraction of sp³-hybridized carbons (Fsp3) is 0.760. The maximum Gasteiger partial charge on any atom is 0.336 e. The van der Waals surface area contributed by atoms with Crippen molar-refractivity contribution in [1.82, 2.24) is 0 Å². The normalized spacial score (nSPS) is 46.4. The summed E-state index contributed by atoms with van der Waals surface area (Å²) in [6, 6.07) is 0. The number of carbonyl (C=O) groups excluding carboxylic acids is 2. The third-order valence-electron chi connectivity index (χ3n) is 9.21. The van der Waals surface area contributed by atoms with Crippen LogP contribution in [0.4, 0.5) is 0 Å². The average Bonchev–Trinajstić information content (AvgIpc) is 3.37. The Kier molecular flexibility index (Phi) is 5.11. The largest absolute Gasteiger partial charge is 0.459 e. The lowest BCUT2D eigenvalue weighted by molar-refractivity contribution is -0.215. The van der Waals surface area contributed by atoms with Crippen molar-refractivity contribution in [3.8, 4) is 0 Å². The molecule has 7 fully saturated rings. The smallest absolute Gasteiger partial charge is 0.336 e. The molecular weight excluding hydrogens is 460 g/mol. The maximum absolute atomic E-state index is 13.7. The van der Waals surface area contributed by atoms with E-state index in [2.05, 4.69) is 13.2 Å². The van der Waals surface area contributed by atoms with Gasteiger partial charge in [-0.15, -0.1) is 6.58 Å². The number of esters is 2. The molecule has 7 rings (SSSR count). The predicted octanol–water partition coefficient (Wildman–Crippen LogP) is 2.68. The molecule has 186 valence electrons. The lowest BCUT2D eigenvalue weighted by Gasteiger charge is -2.60. The van der Waals surface area contributed by atoms with Gasteiger partial charge < -0.3 is 14.2 Å². The van der Waals surface area contributed by atoms with Crippen LogP contribution < -0.4 is 0 Å². The molecule has 0 aromatic carbocycles. The molecule has 6 bridgehead atoms. The van der Waals surface area contributed by atoms with Crippen LogP contribution in [-0.2, 0) is 38.1 Å². The molecule has 0 spiro atoms. The number of carbonyl (C=O) groups is 2. The minimum atomic E-state index is -3.56. The molecule has 7 unspecified atom stereocenters. The van der Waals surface area contributed by atoms with Crippen LogP contribution in [0.15, 0.2) is 24.8 Å². The van der Waals surface area contributed by atoms with E-state index in [4.69, 9.17) is 18.4 Å². The lowest BCUT2D eigenvalue weighted by atomic mass is 9.48. The summed E-state index contributed by atoms with van der Waals surface area (Å²) in [4.78, 5) is 26.5. The van der Waals surface area contributed by atoms with Crippen molar-refractivity contribution in [1.29, 1.82) is 0 Å². The molecule has 0 radical (unpaired) electrons. The van der Waals surface area contributed by atoms with Gasteiger partial charge in [-0.25, -0.2) is 4.79 Å². The van der Waals surface area contributed by atoms with E-state index < -0.39 is 44.6 Å². The van der Waals surface area contributed by atoms with Crippen LogP contribution in [0.25, 0.3) is 0 Å². The summed E-state index contributed by atoms with van der Waals surface area (Å²) in [6.45, 7) is 7.81. The van der Waals surface area contributed by atoms with Crippen molar-refractivity contribution in [2.75, 3.05) is 13.2 Å². The topological polar surface area (TPSA) is 105 Å². The number of hydrogen-bond donors (Lipinski definition) is 0. The van der Waals surface area contributed by atoms with E-state index in [0.717, 1.165) is 38.5 Å². The average molecular weight is 493 g/mol. The molecule has 9 heteroatoms. The summed E-state index contributed by atoms with van der Waals surface area (Å²) in [5, 5.41) is -0.441.